The van der Waals surface area contributed by atoms with E-state index >= 15 is 0 Å². The Morgan fingerprint density at radius 2 is 2.22 bits per heavy atom. The number of hydrogen-bond donors (Lipinski definition) is 1. The number of anilines is 1. The zero-order valence-electron chi connectivity index (χ0n) is 10.8. The van der Waals surface area contributed by atoms with Gasteiger partial charge in [0.2, 0.25) is 5.91 Å². The van der Waals surface area contributed by atoms with Crippen molar-refractivity contribution < 1.29 is 4.79 Å². The average Bonchev–Trinajstić information content (AvgIpc) is 2.77. The molecule has 0 aliphatic carbocycles. The standard InChI is InChI=1S/C14H18N2OS/c1-3-5-6-10-7-8-11-12(9-10)18-14(15-11)16-13(17)4-2/h7-9H,3-6H2,1-2H3,(H,15,16,17). The second-order valence-corrected chi connectivity index (χ2v) is 5.36. The molecular weight excluding hydrogens is 244 g/mol. The summed E-state index contributed by atoms with van der Waals surface area (Å²) < 4.78 is 1.15. The van der Waals surface area contributed by atoms with E-state index in [4.69, 9.17) is 0 Å². The van der Waals surface area contributed by atoms with E-state index in [2.05, 4.69) is 29.4 Å². The number of nitrogens with one attached hydrogen (secondary N) is 1. The zero-order chi connectivity index (χ0) is 13.0. The monoisotopic (exact) mass is 262 g/mol. The van der Waals surface area contributed by atoms with Crippen LogP contribution in [0.4, 0.5) is 5.13 Å². The number of benzene rings is 1. The average molecular weight is 262 g/mol. The third-order valence-corrected chi connectivity index (χ3v) is 3.77. The topological polar surface area (TPSA) is 42.0 Å². The van der Waals surface area contributed by atoms with Gasteiger partial charge in [-0.1, -0.05) is 37.7 Å². The van der Waals surface area contributed by atoms with Crippen molar-refractivity contribution in [3.8, 4) is 0 Å². The molecule has 4 heteroatoms. The van der Waals surface area contributed by atoms with Gasteiger partial charge in [-0.25, -0.2) is 4.98 Å². The minimum Gasteiger partial charge on any atom is -0.302 e. The molecule has 3 nitrogen and oxygen atoms in total. The summed E-state index contributed by atoms with van der Waals surface area (Å²) in [6.07, 6.45) is 4.01. The van der Waals surface area contributed by atoms with Crippen LogP contribution < -0.4 is 5.32 Å². The molecule has 0 spiro atoms. The Hall–Kier alpha value is -1.42. The number of aryl methyl sites for hydroxylation is 1. The summed E-state index contributed by atoms with van der Waals surface area (Å²) in [5.41, 5.74) is 2.31. The van der Waals surface area contributed by atoms with Crippen LogP contribution in [0.2, 0.25) is 0 Å². The number of amides is 1. The van der Waals surface area contributed by atoms with Gasteiger partial charge in [0.05, 0.1) is 10.2 Å². The molecule has 2 aromatic rings. The van der Waals surface area contributed by atoms with Gasteiger partial charge < -0.3 is 5.32 Å². The van der Waals surface area contributed by atoms with E-state index in [1.165, 1.54) is 18.4 Å². The molecule has 0 unspecified atom stereocenters. The van der Waals surface area contributed by atoms with Crippen LogP contribution in [0.3, 0.4) is 0 Å². The molecule has 18 heavy (non-hydrogen) atoms. The molecule has 0 aliphatic rings. The highest BCUT2D eigenvalue weighted by molar-refractivity contribution is 7.22. The number of hydrogen-bond acceptors (Lipinski definition) is 3. The number of aromatic nitrogens is 1. The number of fused-ring (bicyclic) bond motifs is 1. The Morgan fingerprint density at radius 3 is 2.94 bits per heavy atom. The van der Waals surface area contributed by atoms with Gasteiger partial charge in [0.1, 0.15) is 0 Å². The quantitative estimate of drug-likeness (QED) is 0.885. The van der Waals surface area contributed by atoms with Crippen molar-refractivity contribution in [2.45, 2.75) is 39.5 Å². The van der Waals surface area contributed by atoms with Crippen LogP contribution in [0.25, 0.3) is 10.2 Å². The minimum atomic E-state index is 0.0141. The minimum absolute atomic E-state index is 0.0141. The van der Waals surface area contributed by atoms with Crippen LogP contribution in [0.15, 0.2) is 18.2 Å². The van der Waals surface area contributed by atoms with Crippen LogP contribution >= 0.6 is 11.3 Å². The highest BCUT2D eigenvalue weighted by Gasteiger charge is 2.06. The van der Waals surface area contributed by atoms with Gasteiger partial charge in [0, 0.05) is 6.42 Å². The summed E-state index contributed by atoms with van der Waals surface area (Å²) in [5, 5.41) is 3.51. The van der Waals surface area contributed by atoms with Crippen LogP contribution in [0, 0.1) is 0 Å². The molecule has 2 rings (SSSR count). The first kappa shape index (κ1) is 13.0. The molecule has 1 aromatic heterocycles. The number of carbonyl (C=O) groups is 1. The Balaban J connectivity index is 2.19. The second kappa shape index (κ2) is 5.96. The van der Waals surface area contributed by atoms with E-state index < -0.39 is 0 Å². The lowest BCUT2D eigenvalue weighted by Gasteiger charge is -1.98. The second-order valence-electron chi connectivity index (χ2n) is 4.33. The Morgan fingerprint density at radius 1 is 1.39 bits per heavy atom. The lowest BCUT2D eigenvalue weighted by molar-refractivity contribution is -0.115. The summed E-state index contributed by atoms with van der Waals surface area (Å²) in [5.74, 6) is 0.0141. The predicted molar refractivity (Wildman–Crippen MR) is 77.2 cm³/mol. The number of thiazole rings is 1. The van der Waals surface area contributed by atoms with Gasteiger partial charge in [0.25, 0.3) is 0 Å². The number of unbranched alkanes of at least 4 members (excludes halogenated alkanes) is 1. The maximum Gasteiger partial charge on any atom is 0.225 e. The molecule has 1 heterocycles. The maximum atomic E-state index is 11.3. The lowest BCUT2D eigenvalue weighted by atomic mass is 10.1. The molecule has 0 saturated carbocycles. The van der Waals surface area contributed by atoms with Crippen LogP contribution in [-0.4, -0.2) is 10.9 Å². The van der Waals surface area contributed by atoms with Gasteiger partial charge in [-0.15, -0.1) is 0 Å². The van der Waals surface area contributed by atoms with Gasteiger partial charge in [0.15, 0.2) is 5.13 Å². The number of carbonyl (C=O) groups excluding carboxylic acids is 1. The van der Waals surface area contributed by atoms with E-state index in [0.29, 0.717) is 11.6 Å². The van der Waals surface area contributed by atoms with Gasteiger partial charge in [-0.2, -0.15) is 0 Å². The highest BCUT2D eigenvalue weighted by Crippen LogP contribution is 2.27. The Kier molecular flexibility index (Phi) is 4.31. The van der Waals surface area contributed by atoms with E-state index in [0.717, 1.165) is 16.6 Å². The summed E-state index contributed by atoms with van der Waals surface area (Å²) >= 11 is 1.55. The fourth-order valence-corrected chi connectivity index (χ4v) is 2.71. The van der Waals surface area contributed by atoms with Crippen molar-refractivity contribution in [1.82, 2.24) is 4.98 Å². The largest absolute Gasteiger partial charge is 0.302 e. The van der Waals surface area contributed by atoms with Crippen LogP contribution in [0.5, 0.6) is 0 Å². The Bertz CT molecular complexity index is 548. The molecule has 0 radical (unpaired) electrons. The molecule has 1 amide bonds. The zero-order valence-corrected chi connectivity index (χ0v) is 11.6. The van der Waals surface area contributed by atoms with Crippen molar-refractivity contribution >= 4 is 32.6 Å². The molecule has 1 N–H and O–H groups in total. The first-order chi connectivity index (χ1) is 8.72. The fraction of sp³-hybridized carbons (Fsp3) is 0.429. The van der Waals surface area contributed by atoms with Gasteiger partial charge >= 0.3 is 0 Å². The molecule has 96 valence electrons. The van der Waals surface area contributed by atoms with Gasteiger partial charge in [-0.3, -0.25) is 4.79 Å². The van der Waals surface area contributed by atoms with Crippen molar-refractivity contribution in [1.29, 1.82) is 0 Å². The molecule has 0 fully saturated rings. The van der Waals surface area contributed by atoms with Crippen molar-refractivity contribution in [2.24, 2.45) is 0 Å². The maximum absolute atomic E-state index is 11.3. The number of nitrogens with zero attached hydrogens (tertiary/aromatic N) is 1. The Labute approximate surface area is 111 Å². The first-order valence-electron chi connectivity index (χ1n) is 6.42. The lowest BCUT2D eigenvalue weighted by Crippen LogP contribution is -2.08. The van der Waals surface area contributed by atoms with E-state index in [1.807, 2.05) is 13.0 Å². The molecule has 0 saturated heterocycles. The molecule has 1 aromatic carbocycles. The highest BCUT2D eigenvalue weighted by atomic mass is 32.1. The molecule has 0 atom stereocenters. The normalized spacial score (nSPS) is 10.8. The summed E-state index contributed by atoms with van der Waals surface area (Å²) in [6, 6.07) is 6.35. The third kappa shape index (κ3) is 3.07. The summed E-state index contributed by atoms with van der Waals surface area (Å²) in [6.45, 7) is 4.04. The smallest absolute Gasteiger partial charge is 0.225 e. The van der Waals surface area contributed by atoms with E-state index in [1.54, 1.807) is 11.3 Å². The summed E-state index contributed by atoms with van der Waals surface area (Å²) in [4.78, 5) is 15.7. The summed E-state index contributed by atoms with van der Waals surface area (Å²) in [7, 11) is 0. The van der Waals surface area contributed by atoms with Crippen LogP contribution in [-0.2, 0) is 11.2 Å². The van der Waals surface area contributed by atoms with Crippen LogP contribution in [0.1, 0.15) is 38.7 Å². The molecule has 0 aliphatic heterocycles. The third-order valence-electron chi connectivity index (χ3n) is 2.84. The molecular formula is C14H18N2OS. The van der Waals surface area contributed by atoms with Crippen molar-refractivity contribution in [3.05, 3.63) is 23.8 Å². The fourth-order valence-electron chi connectivity index (χ4n) is 1.77. The first-order valence-corrected chi connectivity index (χ1v) is 7.24. The molecule has 0 bridgehead atoms. The predicted octanol–water partition coefficient (Wildman–Crippen LogP) is 3.99. The van der Waals surface area contributed by atoms with Crippen molar-refractivity contribution in [2.75, 3.05) is 5.32 Å². The van der Waals surface area contributed by atoms with E-state index in [-0.39, 0.29) is 5.91 Å². The SMILES string of the molecule is CCCCc1ccc2nc(NC(=O)CC)sc2c1. The van der Waals surface area contributed by atoms with Gasteiger partial charge in [-0.05, 0) is 30.5 Å². The van der Waals surface area contributed by atoms with Crippen molar-refractivity contribution in [3.63, 3.8) is 0 Å². The number of rotatable bonds is 5. The van der Waals surface area contributed by atoms with E-state index in [9.17, 15) is 4.79 Å².